The average Bonchev–Trinajstić information content (AvgIpc) is 2.41. The van der Waals surface area contributed by atoms with Crippen molar-refractivity contribution in [1.29, 1.82) is 0 Å². The fourth-order valence-electron chi connectivity index (χ4n) is 2.38. The van der Waals surface area contributed by atoms with Crippen molar-refractivity contribution in [2.75, 3.05) is 11.9 Å². The van der Waals surface area contributed by atoms with Crippen LogP contribution in [0.5, 0.6) is 0 Å². The molecular formula is C17H29N. The van der Waals surface area contributed by atoms with Gasteiger partial charge in [-0.05, 0) is 30.4 Å². The van der Waals surface area contributed by atoms with Gasteiger partial charge in [0.05, 0.1) is 0 Å². The molecular weight excluding hydrogens is 218 g/mol. The monoisotopic (exact) mass is 247 g/mol. The van der Waals surface area contributed by atoms with E-state index in [1.807, 2.05) is 0 Å². The van der Waals surface area contributed by atoms with Crippen LogP contribution in [0.1, 0.15) is 58.4 Å². The second-order valence-corrected chi connectivity index (χ2v) is 5.20. The molecule has 0 aliphatic carbocycles. The molecule has 1 aromatic carbocycles. The molecule has 1 nitrogen and oxygen atoms in total. The summed E-state index contributed by atoms with van der Waals surface area (Å²) in [6, 6.07) is 8.75. The van der Waals surface area contributed by atoms with Gasteiger partial charge in [-0.3, -0.25) is 0 Å². The van der Waals surface area contributed by atoms with Gasteiger partial charge in [0.25, 0.3) is 0 Å². The van der Waals surface area contributed by atoms with Gasteiger partial charge in [0.15, 0.2) is 0 Å². The van der Waals surface area contributed by atoms with Gasteiger partial charge in [-0.2, -0.15) is 0 Å². The van der Waals surface area contributed by atoms with Crippen molar-refractivity contribution in [3.05, 3.63) is 29.8 Å². The first-order valence-electron chi connectivity index (χ1n) is 7.63. The topological polar surface area (TPSA) is 12.0 Å². The summed E-state index contributed by atoms with van der Waals surface area (Å²) in [7, 11) is 0. The lowest BCUT2D eigenvalue weighted by molar-refractivity contribution is 0.472. The summed E-state index contributed by atoms with van der Waals surface area (Å²) in [4.78, 5) is 0. The molecule has 0 bridgehead atoms. The molecule has 1 N–H and O–H groups in total. The summed E-state index contributed by atoms with van der Waals surface area (Å²) in [6.07, 6.45) is 7.69. The zero-order valence-electron chi connectivity index (χ0n) is 12.3. The Hall–Kier alpha value is -0.980. The van der Waals surface area contributed by atoms with Gasteiger partial charge in [-0.1, -0.05) is 64.7 Å². The second-order valence-electron chi connectivity index (χ2n) is 5.20. The van der Waals surface area contributed by atoms with Crippen LogP contribution in [0.25, 0.3) is 0 Å². The molecule has 0 heterocycles. The normalized spacial score (nSPS) is 12.4. The third-order valence-electron chi connectivity index (χ3n) is 3.66. The molecule has 0 aliphatic rings. The first-order valence-corrected chi connectivity index (χ1v) is 7.63. The Kier molecular flexibility index (Phi) is 7.55. The Morgan fingerprint density at radius 2 is 1.83 bits per heavy atom. The molecule has 0 radical (unpaired) electrons. The Balaban J connectivity index is 2.50. The van der Waals surface area contributed by atoms with E-state index in [2.05, 4.69) is 50.4 Å². The molecule has 1 unspecified atom stereocenters. The molecule has 0 aliphatic heterocycles. The van der Waals surface area contributed by atoms with Crippen LogP contribution in [0.15, 0.2) is 24.3 Å². The summed E-state index contributed by atoms with van der Waals surface area (Å²) in [5, 5.41) is 3.66. The fraction of sp³-hybridized carbons (Fsp3) is 0.647. The van der Waals surface area contributed by atoms with Crippen molar-refractivity contribution in [3.63, 3.8) is 0 Å². The number of rotatable bonds is 9. The van der Waals surface area contributed by atoms with E-state index >= 15 is 0 Å². The molecule has 1 atom stereocenters. The van der Waals surface area contributed by atoms with E-state index in [0.29, 0.717) is 0 Å². The van der Waals surface area contributed by atoms with Crippen LogP contribution in [0.4, 0.5) is 5.69 Å². The summed E-state index contributed by atoms with van der Waals surface area (Å²) in [5.74, 6) is 0.819. The van der Waals surface area contributed by atoms with E-state index in [9.17, 15) is 0 Å². The molecule has 1 heteroatoms. The summed E-state index contributed by atoms with van der Waals surface area (Å²) >= 11 is 0. The zero-order valence-corrected chi connectivity index (χ0v) is 12.3. The Morgan fingerprint density at radius 3 is 2.50 bits per heavy atom. The van der Waals surface area contributed by atoms with Crippen molar-refractivity contribution in [2.45, 2.75) is 59.3 Å². The van der Waals surface area contributed by atoms with Crippen LogP contribution in [0.2, 0.25) is 0 Å². The van der Waals surface area contributed by atoms with Gasteiger partial charge >= 0.3 is 0 Å². The van der Waals surface area contributed by atoms with Crippen molar-refractivity contribution in [1.82, 2.24) is 0 Å². The number of benzene rings is 1. The lowest BCUT2D eigenvalue weighted by atomic mass is 9.99. The van der Waals surface area contributed by atoms with Crippen LogP contribution >= 0.6 is 0 Å². The van der Waals surface area contributed by atoms with Gasteiger partial charge in [-0.25, -0.2) is 0 Å². The number of nitrogens with one attached hydrogen (secondary N) is 1. The van der Waals surface area contributed by atoms with E-state index in [0.717, 1.165) is 12.5 Å². The fourth-order valence-corrected chi connectivity index (χ4v) is 2.38. The van der Waals surface area contributed by atoms with E-state index in [4.69, 9.17) is 0 Å². The average molecular weight is 247 g/mol. The molecule has 1 aromatic rings. The van der Waals surface area contributed by atoms with Gasteiger partial charge in [0, 0.05) is 12.2 Å². The van der Waals surface area contributed by atoms with Gasteiger partial charge in [-0.15, -0.1) is 0 Å². The zero-order chi connectivity index (χ0) is 13.2. The van der Waals surface area contributed by atoms with Crippen molar-refractivity contribution in [2.24, 2.45) is 5.92 Å². The summed E-state index contributed by atoms with van der Waals surface area (Å²) in [5.41, 5.74) is 2.81. The van der Waals surface area contributed by atoms with Crippen LogP contribution in [0, 0.1) is 5.92 Å². The summed E-state index contributed by atoms with van der Waals surface area (Å²) in [6.45, 7) is 7.95. The van der Waals surface area contributed by atoms with Crippen LogP contribution in [-0.4, -0.2) is 6.54 Å². The first-order chi connectivity index (χ1) is 8.81. The van der Waals surface area contributed by atoms with Crippen LogP contribution in [-0.2, 0) is 6.42 Å². The van der Waals surface area contributed by atoms with E-state index < -0.39 is 0 Å². The molecule has 0 amide bonds. The van der Waals surface area contributed by atoms with Gasteiger partial charge < -0.3 is 5.32 Å². The predicted molar refractivity (Wildman–Crippen MR) is 82.2 cm³/mol. The molecule has 0 spiro atoms. The molecule has 0 fully saturated rings. The van der Waals surface area contributed by atoms with Crippen LogP contribution < -0.4 is 5.32 Å². The Morgan fingerprint density at radius 1 is 1.06 bits per heavy atom. The highest BCUT2D eigenvalue weighted by atomic mass is 14.9. The largest absolute Gasteiger partial charge is 0.385 e. The molecule has 0 saturated carbocycles. The minimum Gasteiger partial charge on any atom is -0.385 e. The second kappa shape index (κ2) is 9.02. The third-order valence-corrected chi connectivity index (χ3v) is 3.66. The van der Waals surface area contributed by atoms with Crippen molar-refractivity contribution in [3.8, 4) is 0 Å². The number of unbranched alkanes of at least 4 members (excludes halogenated alkanes) is 1. The highest BCUT2D eigenvalue weighted by Gasteiger charge is 2.07. The smallest absolute Gasteiger partial charge is 0.0372 e. The maximum absolute atomic E-state index is 3.66. The standard InChI is InChI=1S/C17H29N/c1-4-7-11-15(6-3)14-18-17-13-9-8-12-16(17)10-5-2/h8-9,12-13,15,18H,4-7,10-11,14H2,1-3H3. The minimum atomic E-state index is 0.819. The number of para-hydroxylation sites is 1. The molecule has 18 heavy (non-hydrogen) atoms. The minimum absolute atomic E-state index is 0.819. The highest BCUT2D eigenvalue weighted by Crippen LogP contribution is 2.19. The maximum Gasteiger partial charge on any atom is 0.0372 e. The first kappa shape index (κ1) is 15.1. The van der Waals surface area contributed by atoms with Crippen molar-refractivity contribution < 1.29 is 0 Å². The third kappa shape index (κ3) is 5.12. The van der Waals surface area contributed by atoms with E-state index in [1.165, 1.54) is 49.8 Å². The SMILES string of the molecule is CCCCC(CC)CNc1ccccc1CCC. The van der Waals surface area contributed by atoms with E-state index in [1.54, 1.807) is 0 Å². The highest BCUT2D eigenvalue weighted by molar-refractivity contribution is 5.51. The Bertz CT molecular complexity index is 319. The molecule has 0 aromatic heterocycles. The lowest BCUT2D eigenvalue weighted by Crippen LogP contribution is -2.14. The van der Waals surface area contributed by atoms with E-state index in [-0.39, 0.29) is 0 Å². The maximum atomic E-state index is 3.66. The summed E-state index contributed by atoms with van der Waals surface area (Å²) < 4.78 is 0. The van der Waals surface area contributed by atoms with Gasteiger partial charge in [0.2, 0.25) is 0 Å². The predicted octanol–water partition coefficient (Wildman–Crippen LogP) is 5.27. The molecule has 0 saturated heterocycles. The van der Waals surface area contributed by atoms with Gasteiger partial charge in [0.1, 0.15) is 0 Å². The quantitative estimate of drug-likeness (QED) is 0.627. The van der Waals surface area contributed by atoms with Crippen LogP contribution in [0.3, 0.4) is 0 Å². The number of hydrogen-bond donors (Lipinski definition) is 1. The number of hydrogen-bond acceptors (Lipinski definition) is 1. The number of anilines is 1. The molecule has 102 valence electrons. The number of aryl methyl sites for hydroxylation is 1. The Labute approximate surface area is 113 Å². The lowest BCUT2D eigenvalue weighted by Gasteiger charge is -2.18. The molecule has 1 rings (SSSR count). The van der Waals surface area contributed by atoms with Crippen molar-refractivity contribution >= 4 is 5.69 Å².